The van der Waals surface area contributed by atoms with Gasteiger partial charge in [0, 0.05) is 4.90 Å². The van der Waals surface area contributed by atoms with Crippen LogP contribution in [-0.4, -0.2) is 24.4 Å². The SMILES string of the molecule is COc1ccc(-c2ccc(C(=O)O)c(SC)c2)cc1. The minimum atomic E-state index is -0.898. The molecule has 0 fully saturated rings. The monoisotopic (exact) mass is 274 g/mol. The van der Waals surface area contributed by atoms with E-state index in [4.69, 9.17) is 9.84 Å². The van der Waals surface area contributed by atoms with Gasteiger partial charge in [-0.2, -0.15) is 0 Å². The van der Waals surface area contributed by atoms with Crippen LogP contribution in [0.2, 0.25) is 0 Å². The topological polar surface area (TPSA) is 46.5 Å². The minimum absolute atomic E-state index is 0.338. The van der Waals surface area contributed by atoms with E-state index in [0.29, 0.717) is 5.56 Å². The van der Waals surface area contributed by atoms with Crippen molar-refractivity contribution in [2.24, 2.45) is 0 Å². The molecule has 0 amide bonds. The number of hydrogen-bond acceptors (Lipinski definition) is 3. The number of carbonyl (C=O) groups is 1. The van der Waals surface area contributed by atoms with Gasteiger partial charge in [-0.05, 0) is 41.6 Å². The summed E-state index contributed by atoms with van der Waals surface area (Å²) in [6, 6.07) is 13.1. The molecule has 98 valence electrons. The summed E-state index contributed by atoms with van der Waals surface area (Å²) < 4.78 is 5.12. The molecule has 0 atom stereocenters. The largest absolute Gasteiger partial charge is 0.497 e. The van der Waals surface area contributed by atoms with Crippen LogP contribution in [0.25, 0.3) is 11.1 Å². The van der Waals surface area contributed by atoms with E-state index in [1.165, 1.54) is 11.8 Å². The Bertz CT molecular complexity index is 591. The van der Waals surface area contributed by atoms with Crippen LogP contribution in [0.1, 0.15) is 10.4 Å². The Morgan fingerprint density at radius 3 is 2.26 bits per heavy atom. The number of thioether (sulfide) groups is 1. The highest BCUT2D eigenvalue weighted by molar-refractivity contribution is 7.98. The molecule has 0 bridgehead atoms. The summed E-state index contributed by atoms with van der Waals surface area (Å²) >= 11 is 1.43. The Balaban J connectivity index is 2.42. The second-order valence-electron chi connectivity index (χ2n) is 3.95. The number of carboxylic acids is 1. The number of benzene rings is 2. The van der Waals surface area contributed by atoms with Crippen LogP contribution in [0, 0.1) is 0 Å². The second kappa shape index (κ2) is 5.80. The number of methoxy groups -OCH3 is 1. The van der Waals surface area contributed by atoms with E-state index < -0.39 is 5.97 Å². The lowest BCUT2D eigenvalue weighted by atomic mass is 10.0. The molecule has 0 radical (unpaired) electrons. The molecule has 0 spiro atoms. The molecule has 2 rings (SSSR count). The summed E-state index contributed by atoms with van der Waals surface area (Å²) in [7, 11) is 1.63. The van der Waals surface area contributed by atoms with Crippen molar-refractivity contribution in [2.45, 2.75) is 4.90 Å². The van der Waals surface area contributed by atoms with Gasteiger partial charge in [0.1, 0.15) is 5.75 Å². The van der Waals surface area contributed by atoms with E-state index in [9.17, 15) is 4.79 Å². The fourth-order valence-corrected chi connectivity index (χ4v) is 2.45. The maximum atomic E-state index is 11.1. The lowest BCUT2D eigenvalue weighted by molar-refractivity contribution is 0.0693. The summed E-state index contributed by atoms with van der Waals surface area (Å²) in [5.74, 6) is -0.0957. The number of aromatic carboxylic acids is 1. The molecule has 0 unspecified atom stereocenters. The van der Waals surface area contributed by atoms with Gasteiger partial charge in [-0.3, -0.25) is 0 Å². The lowest BCUT2D eigenvalue weighted by Crippen LogP contribution is -1.98. The van der Waals surface area contributed by atoms with Crippen LogP contribution < -0.4 is 4.74 Å². The molecule has 2 aromatic rings. The fourth-order valence-electron chi connectivity index (χ4n) is 1.83. The average Bonchev–Trinajstić information content (AvgIpc) is 2.46. The zero-order valence-electron chi connectivity index (χ0n) is 10.7. The van der Waals surface area contributed by atoms with E-state index in [1.54, 1.807) is 13.2 Å². The Labute approximate surface area is 116 Å². The van der Waals surface area contributed by atoms with Crippen molar-refractivity contribution in [1.29, 1.82) is 0 Å². The van der Waals surface area contributed by atoms with Crippen molar-refractivity contribution in [1.82, 2.24) is 0 Å². The van der Waals surface area contributed by atoms with Crippen LogP contribution in [0.4, 0.5) is 0 Å². The third kappa shape index (κ3) is 2.90. The van der Waals surface area contributed by atoms with E-state index >= 15 is 0 Å². The van der Waals surface area contributed by atoms with Crippen LogP contribution in [-0.2, 0) is 0 Å². The van der Waals surface area contributed by atoms with Gasteiger partial charge >= 0.3 is 5.97 Å². The van der Waals surface area contributed by atoms with Gasteiger partial charge in [0.25, 0.3) is 0 Å². The molecule has 4 heteroatoms. The summed E-state index contributed by atoms with van der Waals surface area (Å²) in [4.78, 5) is 11.8. The highest BCUT2D eigenvalue weighted by Gasteiger charge is 2.10. The molecule has 3 nitrogen and oxygen atoms in total. The van der Waals surface area contributed by atoms with Gasteiger partial charge in [-0.15, -0.1) is 11.8 Å². The molecular formula is C15H14O3S. The van der Waals surface area contributed by atoms with E-state index in [2.05, 4.69) is 0 Å². The average molecular weight is 274 g/mol. The normalized spacial score (nSPS) is 10.2. The second-order valence-corrected chi connectivity index (χ2v) is 4.80. The van der Waals surface area contributed by atoms with Gasteiger partial charge in [0.05, 0.1) is 12.7 Å². The number of hydrogen-bond donors (Lipinski definition) is 1. The summed E-state index contributed by atoms with van der Waals surface area (Å²) in [6.07, 6.45) is 1.87. The zero-order valence-corrected chi connectivity index (χ0v) is 11.5. The van der Waals surface area contributed by atoms with Crippen molar-refractivity contribution in [3.05, 3.63) is 48.0 Å². The Morgan fingerprint density at radius 2 is 1.74 bits per heavy atom. The molecule has 0 saturated heterocycles. The van der Waals surface area contributed by atoms with Gasteiger partial charge in [-0.25, -0.2) is 4.79 Å². The maximum absolute atomic E-state index is 11.1. The molecule has 2 aromatic carbocycles. The van der Waals surface area contributed by atoms with Crippen molar-refractivity contribution >= 4 is 17.7 Å². The highest BCUT2D eigenvalue weighted by Crippen LogP contribution is 2.28. The van der Waals surface area contributed by atoms with E-state index in [0.717, 1.165) is 21.8 Å². The summed E-state index contributed by atoms with van der Waals surface area (Å²) in [5.41, 5.74) is 2.37. The third-order valence-corrected chi connectivity index (χ3v) is 3.63. The van der Waals surface area contributed by atoms with Gasteiger partial charge < -0.3 is 9.84 Å². The van der Waals surface area contributed by atoms with Crippen molar-refractivity contribution < 1.29 is 14.6 Å². The quantitative estimate of drug-likeness (QED) is 0.862. The molecule has 1 N–H and O–H groups in total. The maximum Gasteiger partial charge on any atom is 0.336 e. The third-order valence-electron chi connectivity index (χ3n) is 2.86. The van der Waals surface area contributed by atoms with Crippen LogP contribution in [0.5, 0.6) is 5.75 Å². The smallest absolute Gasteiger partial charge is 0.336 e. The van der Waals surface area contributed by atoms with E-state index in [1.807, 2.05) is 42.7 Å². The molecule has 0 aromatic heterocycles. The molecule has 0 aliphatic carbocycles. The zero-order chi connectivity index (χ0) is 13.8. The fraction of sp³-hybridized carbons (Fsp3) is 0.133. The minimum Gasteiger partial charge on any atom is -0.497 e. The predicted octanol–water partition coefficient (Wildman–Crippen LogP) is 3.78. The number of ether oxygens (including phenoxy) is 1. The Kier molecular flexibility index (Phi) is 4.12. The Hall–Kier alpha value is -1.94. The van der Waals surface area contributed by atoms with Crippen LogP contribution in [0.3, 0.4) is 0 Å². The first-order chi connectivity index (χ1) is 9.15. The Morgan fingerprint density at radius 1 is 1.11 bits per heavy atom. The number of carboxylic acid groups (broad SMARTS) is 1. The van der Waals surface area contributed by atoms with Crippen LogP contribution >= 0.6 is 11.8 Å². The molecule has 0 aliphatic heterocycles. The van der Waals surface area contributed by atoms with Gasteiger partial charge in [0.2, 0.25) is 0 Å². The van der Waals surface area contributed by atoms with Crippen molar-refractivity contribution in [3.63, 3.8) is 0 Å². The standard InChI is InChI=1S/C15H14O3S/c1-18-12-6-3-10(4-7-12)11-5-8-13(15(16)17)14(9-11)19-2/h3-9H,1-2H3,(H,16,17). The molecule has 0 aliphatic rings. The first-order valence-electron chi connectivity index (χ1n) is 5.71. The van der Waals surface area contributed by atoms with Gasteiger partial charge in [0.15, 0.2) is 0 Å². The van der Waals surface area contributed by atoms with E-state index in [-0.39, 0.29) is 0 Å². The first-order valence-corrected chi connectivity index (χ1v) is 6.94. The van der Waals surface area contributed by atoms with Crippen molar-refractivity contribution in [3.8, 4) is 16.9 Å². The highest BCUT2D eigenvalue weighted by atomic mass is 32.2. The first kappa shape index (κ1) is 13.5. The predicted molar refractivity (Wildman–Crippen MR) is 77.2 cm³/mol. The molecule has 0 saturated carbocycles. The molecule has 19 heavy (non-hydrogen) atoms. The lowest BCUT2D eigenvalue weighted by Gasteiger charge is -2.08. The summed E-state index contributed by atoms with van der Waals surface area (Å²) in [5, 5.41) is 9.10. The number of rotatable bonds is 4. The molecule has 0 heterocycles. The molecular weight excluding hydrogens is 260 g/mol. The van der Waals surface area contributed by atoms with Gasteiger partial charge in [-0.1, -0.05) is 18.2 Å². The van der Waals surface area contributed by atoms with Crippen LogP contribution in [0.15, 0.2) is 47.4 Å². The summed E-state index contributed by atoms with van der Waals surface area (Å²) in [6.45, 7) is 0. The van der Waals surface area contributed by atoms with Crippen molar-refractivity contribution in [2.75, 3.05) is 13.4 Å².